The molecule has 3 amide bonds. The Morgan fingerprint density at radius 2 is 1.57 bits per heavy atom. The van der Waals surface area contributed by atoms with Crippen LogP contribution in [0.25, 0.3) is 0 Å². The Balaban J connectivity index is 0.000000671. The van der Waals surface area contributed by atoms with Crippen LogP contribution in [0.5, 0.6) is 11.5 Å². The zero-order chi connectivity index (χ0) is 55.8. The second kappa shape index (κ2) is 27.6. The van der Waals surface area contributed by atoms with Gasteiger partial charge in [-0.3, -0.25) is 19.3 Å². The number of ether oxygens (including phenoxy) is 3. The zero-order valence-electron chi connectivity index (χ0n) is 42.0. The Bertz CT molecular complexity index is 2580. The molecule has 76 heavy (non-hydrogen) atoms. The van der Waals surface area contributed by atoms with Crippen LogP contribution in [0.1, 0.15) is 82.3 Å². The molecule has 5 N–H and O–H groups in total. The fourth-order valence-electron chi connectivity index (χ4n) is 8.22. The average molecular weight is 1100 g/mol. The van der Waals surface area contributed by atoms with Crippen LogP contribution >= 0.6 is 11.3 Å². The normalized spacial score (nSPS) is 15.4. The first-order chi connectivity index (χ1) is 35.9. The number of nitrogens with one attached hydrogen (secondary N) is 2. The third kappa shape index (κ3) is 18.1. The van der Waals surface area contributed by atoms with E-state index in [2.05, 4.69) is 34.4 Å². The Kier molecular flexibility index (Phi) is 21.9. The van der Waals surface area contributed by atoms with Crippen molar-refractivity contribution in [1.82, 2.24) is 25.0 Å². The lowest BCUT2D eigenvalue weighted by molar-refractivity contribution is -0.193. The van der Waals surface area contributed by atoms with Crippen molar-refractivity contribution in [2.24, 2.45) is 0 Å². The van der Waals surface area contributed by atoms with Gasteiger partial charge in [0.2, 0.25) is 5.91 Å². The molecule has 0 saturated carbocycles. The maximum absolute atomic E-state index is 15.8. The number of carbonyl (C=O) groups excluding carboxylic acids is 3. The molecule has 2 saturated heterocycles. The van der Waals surface area contributed by atoms with Crippen LogP contribution < -0.4 is 15.4 Å². The number of rotatable bonds is 18. The monoisotopic (exact) mass is 1100 g/mol. The predicted octanol–water partition coefficient (Wildman–Crippen LogP) is 7.33. The quantitative estimate of drug-likeness (QED) is 0.0374. The van der Waals surface area contributed by atoms with E-state index >= 15 is 4.39 Å². The molecule has 0 radical (unpaired) electrons. The third-order valence-electron chi connectivity index (χ3n) is 12.4. The molecule has 0 bridgehead atoms. The number of aliphatic carboxylic acids is 2. The number of carbonyl (C=O) groups is 5. The number of aromatic nitrogens is 1. The van der Waals surface area contributed by atoms with E-state index in [1.807, 2.05) is 58.5 Å². The number of anilines is 1. The van der Waals surface area contributed by atoms with E-state index in [1.165, 1.54) is 11.3 Å². The number of phenolic OH excluding ortho intramolecular Hbond substituents is 1. The van der Waals surface area contributed by atoms with Crippen LogP contribution in [-0.2, 0) is 54.6 Å². The second-order valence-corrected chi connectivity index (χ2v) is 19.3. The van der Waals surface area contributed by atoms with Crippen LogP contribution in [0.2, 0.25) is 0 Å². The van der Waals surface area contributed by atoms with E-state index in [1.54, 1.807) is 18.2 Å². The molecule has 4 aromatic rings. The Hall–Kier alpha value is -6.41. The minimum Gasteiger partial charge on any atom is -0.506 e. The highest BCUT2D eigenvalue weighted by molar-refractivity contribution is 7.09. The highest BCUT2D eigenvalue weighted by Gasteiger charge is 2.42. The molecular formula is C51H61F7N6O11S. The molecule has 25 heteroatoms. The van der Waals surface area contributed by atoms with Crippen molar-refractivity contribution in [3.05, 3.63) is 104 Å². The van der Waals surface area contributed by atoms with Crippen molar-refractivity contribution in [2.75, 3.05) is 77.6 Å². The first kappa shape index (κ1) is 60.5. The van der Waals surface area contributed by atoms with Gasteiger partial charge in [-0.1, -0.05) is 67.9 Å². The number of alkyl halides is 6. The lowest BCUT2D eigenvalue weighted by Crippen LogP contribution is -2.58. The van der Waals surface area contributed by atoms with Gasteiger partial charge in [0.05, 0.1) is 43.4 Å². The average Bonchev–Trinajstić information content (AvgIpc) is 3.88. The molecule has 0 aliphatic carbocycles. The number of carboxylic acid groups (broad SMARTS) is 2. The van der Waals surface area contributed by atoms with Crippen LogP contribution in [0, 0.1) is 12.7 Å². The van der Waals surface area contributed by atoms with Gasteiger partial charge in [-0.2, -0.15) is 26.3 Å². The zero-order valence-corrected chi connectivity index (χ0v) is 42.8. The highest BCUT2D eigenvalue weighted by Crippen LogP contribution is 2.39. The lowest BCUT2D eigenvalue weighted by atomic mass is 9.89. The maximum atomic E-state index is 15.8. The highest BCUT2D eigenvalue weighted by atomic mass is 32.1. The van der Waals surface area contributed by atoms with Crippen LogP contribution in [0.4, 0.5) is 36.4 Å². The van der Waals surface area contributed by atoms with E-state index in [0.29, 0.717) is 100 Å². The summed E-state index contributed by atoms with van der Waals surface area (Å²) in [4.78, 5) is 66.9. The number of thiazole rings is 1. The van der Waals surface area contributed by atoms with Crippen LogP contribution in [0.3, 0.4) is 0 Å². The number of phenols is 1. The van der Waals surface area contributed by atoms with Gasteiger partial charge < -0.3 is 50.0 Å². The summed E-state index contributed by atoms with van der Waals surface area (Å²) in [5.74, 6) is -5.38. The minimum absolute atomic E-state index is 0.0294. The van der Waals surface area contributed by atoms with Crippen molar-refractivity contribution >= 4 is 46.7 Å². The molecular weight excluding hydrogens is 1040 g/mol. The summed E-state index contributed by atoms with van der Waals surface area (Å²) in [6.07, 6.45) is -7.44. The number of aryl methyl sites for hydroxylation is 1. The van der Waals surface area contributed by atoms with Crippen molar-refractivity contribution in [2.45, 2.75) is 89.8 Å². The molecule has 7 rings (SSSR count). The lowest BCUT2D eigenvalue weighted by Gasteiger charge is -2.47. The van der Waals surface area contributed by atoms with Crippen LogP contribution in [-0.4, -0.2) is 155 Å². The third-order valence-corrected chi connectivity index (χ3v) is 13.5. The van der Waals surface area contributed by atoms with E-state index in [-0.39, 0.29) is 54.8 Å². The molecule has 17 nitrogen and oxygen atoms in total. The van der Waals surface area contributed by atoms with Gasteiger partial charge in [-0.25, -0.2) is 19.0 Å². The molecule has 1 aromatic heterocycles. The van der Waals surface area contributed by atoms with Gasteiger partial charge in [-0.15, -0.1) is 11.3 Å². The number of hydrogen-bond donors (Lipinski definition) is 5. The van der Waals surface area contributed by atoms with E-state index in [4.69, 9.17) is 34.0 Å². The second-order valence-electron chi connectivity index (χ2n) is 18.5. The fraction of sp³-hybridized carbons (Fsp3) is 0.490. The van der Waals surface area contributed by atoms with E-state index in [0.717, 1.165) is 47.6 Å². The summed E-state index contributed by atoms with van der Waals surface area (Å²) in [6, 6.07) is 17.0. The van der Waals surface area contributed by atoms with Gasteiger partial charge in [-0.05, 0) is 61.9 Å². The molecule has 3 aliphatic rings. The number of carboxylic acids is 2. The summed E-state index contributed by atoms with van der Waals surface area (Å²) in [6.45, 7) is 12.3. The first-order valence-corrected chi connectivity index (χ1v) is 25.1. The number of aromatic hydroxyl groups is 1. The number of morpholine rings is 1. The standard InChI is InChI=1S/C47H59FN6O7S.2C2HF3O2/c1-32(2)45-50-38(30-62-45)46(58)54-23-26-61-47(31-54)16-20-52(21-17-47)28-37-6-4-5-35(42(37)48)14-24-59-25-15-41(57)53(27-34-9-7-33(3)8-10-34)22-19-49-18-13-36-11-12-39(55)43-44(36)60-29-40(56)51-43;2*3-2(4,5)1(6)7/h4-12,30,32,49,55H,13-29,31H2,1-3H3,(H,51,56);2*(H,6,7). The van der Waals surface area contributed by atoms with Crippen molar-refractivity contribution < 1.29 is 84.2 Å². The largest absolute Gasteiger partial charge is 0.506 e. The summed E-state index contributed by atoms with van der Waals surface area (Å²) >= 11 is 1.53. The number of fused-ring (bicyclic) bond motifs is 1. The summed E-state index contributed by atoms with van der Waals surface area (Å²) in [5.41, 5.74) is 4.68. The summed E-state index contributed by atoms with van der Waals surface area (Å²) in [5, 5.41) is 33.3. The smallest absolute Gasteiger partial charge is 0.490 e. The van der Waals surface area contributed by atoms with Crippen molar-refractivity contribution in [3.8, 4) is 11.5 Å². The predicted molar refractivity (Wildman–Crippen MR) is 264 cm³/mol. The molecule has 2 fully saturated rings. The van der Waals surface area contributed by atoms with Gasteiger partial charge >= 0.3 is 24.3 Å². The van der Waals surface area contributed by atoms with Crippen LogP contribution in [0.15, 0.2) is 60.0 Å². The molecule has 0 unspecified atom stereocenters. The molecule has 416 valence electrons. The first-order valence-electron chi connectivity index (χ1n) is 24.2. The molecule has 3 aromatic carbocycles. The summed E-state index contributed by atoms with van der Waals surface area (Å²) in [7, 11) is 0. The maximum Gasteiger partial charge on any atom is 0.490 e. The number of benzene rings is 3. The SMILES string of the molecule is Cc1ccc(CN(CCNCCc2ccc(O)c3c2OCC(=O)N3)C(=O)CCOCCc2cccc(CN3CCC4(CC3)CN(C(=O)c3csc(C(C)C)n3)CCO4)c2F)cc1.O=C(O)C(F)(F)F.O=C(O)C(F)(F)F. The van der Waals surface area contributed by atoms with Gasteiger partial charge in [0.1, 0.15) is 22.9 Å². The topological polar surface area (TPSA) is 220 Å². The number of likely N-dealkylation sites (tertiary alicyclic amines) is 1. The fourth-order valence-corrected chi connectivity index (χ4v) is 9.03. The molecule has 0 atom stereocenters. The van der Waals surface area contributed by atoms with Gasteiger partial charge in [0, 0.05) is 62.7 Å². The molecule has 3 aliphatic heterocycles. The van der Waals surface area contributed by atoms with E-state index in [9.17, 15) is 45.8 Å². The number of amides is 3. The summed E-state index contributed by atoms with van der Waals surface area (Å²) < 4.78 is 97.1. The van der Waals surface area contributed by atoms with Gasteiger partial charge in [0.25, 0.3) is 11.8 Å². The number of halogens is 7. The Morgan fingerprint density at radius 3 is 2.20 bits per heavy atom. The van der Waals surface area contributed by atoms with Gasteiger partial charge in [0.15, 0.2) is 12.4 Å². The Morgan fingerprint density at radius 1 is 0.908 bits per heavy atom. The molecule has 4 heterocycles. The number of nitrogens with zero attached hydrogens (tertiary/aromatic N) is 4. The van der Waals surface area contributed by atoms with Crippen molar-refractivity contribution in [3.63, 3.8) is 0 Å². The Labute approximate surface area is 437 Å². The minimum atomic E-state index is -5.08. The molecule has 1 spiro atoms. The van der Waals surface area contributed by atoms with Crippen molar-refractivity contribution in [1.29, 1.82) is 0 Å². The number of piperidine rings is 1. The number of hydrogen-bond acceptors (Lipinski definition) is 13. The van der Waals surface area contributed by atoms with E-state index < -0.39 is 29.9 Å².